The van der Waals surface area contributed by atoms with Crippen LogP contribution in [0.4, 0.5) is 0 Å². The predicted octanol–water partition coefficient (Wildman–Crippen LogP) is 1.88. The Kier molecular flexibility index (Phi) is 5.26. The molecule has 2 fully saturated rings. The minimum atomic E-state index is 0.732. The number of hydrogen-bond acceptors (Lipinski definition) is 3. The first-order valence-electron chi connectivity index (χ1n) is 7.31. The summed E-state index contributed by atoms with van der Waals surface area (Å²) in [4.78, 5) is 2.72. The monoisotopic (exact) mass is 240 g/mol. The van der Waals surface area contributed by atoms with Crippen LogP contribution in [0.25, 0.3) is 0 Å². The first-order valence-corrected chi connectivity index (χ1v) is 7.31. The van der Waals surface area contributed by atoms with Gasteiger partial charge in [-0.2, -0.15) is 0 Å². The fourth-order valence-corrected chi connectivity index (χ4v) is 3.58. The van der Waals surface area contributed by atoms with Crippen molar-refractivity contribution in [3.05, 3.63) is 0 Å². The van der Waals surface area contributed by atoms with E-state index >= 15 is 0 Å². The lowest BCUT2D eigenvalue weighted by atomic mass is 9.89. The first kappa shape index (κ1) is 13.3. The molecule has 17 heavy (non-hydrogen) atoms. The van der Waals surface area contributed by atoms with Crippen molar-refractivity contribution in [2.45, 2.75) is 51.1 Å². The SMILES string of the molecule is CCNC1CCCCC1N1CCC(COC)C1. The van der Waals surface area contributed by atoms with Gasteiger partial charge in [-0.15, -0.1) is 0 Å². The van der Waals surface area contributed by atoms with Gasteiger partial charge in [0.05, 0.1) is 6.61 Å². The summed E-state index contributed by atoms with van der Waals surface area (Å²) >= 11 is 0. The van der Waals surface area contributed by atoms with E-state index in [1.165, 1.54) is 45.2 Å². The highest BCUT2D eigenvalue weighted by atomic mass is 16.5. The van der Waals surface area contributed by atoms with Gasteiger partial charge in [-0.1, -0.05) is 19.8 Å². The lowest BCUT2D eigenvalue weighted by Crippen LogP contribution is -2.51. The zero-order chi connectivity index (χ0) is 12.1. The molecule has 0 radical (unpaired) electrons. The summed E-state index contributed by atoms with van der Waals surface area (Å²) in [5, 5.41) is 3.69. The maximum Gasteiger partial charge on any atom is 0.0503 e. The van der Waals surface area contributed by atoms with Gasteiger partial charge in [-0.05, 0) is 38.3 Å². The Morgan fingerprint density at radius 3 is 2.82 bits per heavy atom. The highest BCUT2D eigenvalue weighted by molar-refractivity contribution is 4.91. The minimum Gasteiger partial charge on any atom is -0.384 e. The summed E-state index contributed by atoms with van der Waals surface area (Å²) in [6.45, 7) is 6.80. The van der Waals surface area contributed by atoms with Crippen molar-refractivity contribution < 1.29 is 4.74 Å². The topological polar surface area (TPSA) is 24.5 Å². The molecule has 2 rings (SSSR count). The first-order chi connectivity index (χ1) is 8.35. The van der Waals surface area contributed by atoms with Gasteiger partial charge in [0.2, 0.25) is 0 Å². The maximum atomic E-state index is 5.29. The van der Waals surface area contributed by atoms with Gasteiger partial charge in [0, 0.05) is 25.7 Å². The van der Waals surface area contributed by atoms with Crippen LogP contribution >= 0.6 is 0 Å². The van der Waals surface area contributed by atoms with Crippen LogP contribution in [0.15, 0.2) is 0 Å². The van der Waals surface area contributed by atoms with E-state index in [1.54, 1.807) is 0 Å². The third kappa shape index (κ3) is 3.43. The van der Waals surface area contributed by atoms with E-state index in [1.807, 2.05) is 7.11 Å². The van der Waals surface area contributed by atoms with Crippen LogP contribution in [-0.2, 0) is 4.74 Å². The summed E-state index contributed by atoms with van der Waals surface area (Å²) in [7, 11) is 1.82. The number of nitrogens with zero attached hydrogens (tertiary/aromatic N) is 1. The quantitative estimate of drug-likeness (QED) is 0.794. The van der Waals surface area contributed by atoms with Gasteiger partial charge in [0.15, 0.2) is 0 Å². The van der Waals surface area contributed by atoms with Crippen LogP contribution in [0.2, 0.25) is 0 Å². The molecule has 3 nitrogen and oxygen atoms in total. The molecule has 0 aromatic heterocycles. The summed E-state index contributed by atoms with van der Waals surface area (Å²) in [5.41, 5.74) is 0. The molecule has 1 N–H and O–H groups in total. The molecule has 1 saturated heterocycles. The van der Waals surface area contributed by atoms with Gasteiger partial charge in [-0.3, -0.25) is 4.90 Å². The lowest BCUT2D eigenvalue weighted by molar-refractivity contribution is 0.123. The highest BCUT2D eigenvalue weighted by Gasteiger charge is 2.33. The minimum absolute atomic E-state index is 0.732. The average molecular weight is 240 g/mol. The molecule has 3 heteroatoms. The van der Waals surface area contributed by atoms with Crippen LogP contribution in [0.5, 0.6) is 0 Å². The van der Waals surface area contributed by atoms with Crippen LogP contribution in [0, 0.1) is 5.92 Å². The molecular formula is C14H28N2O. The highest BCUT2D eigenvalue weighted by Crippen LogP contribution is 2.28. The molecule has 3 atom stereocenters. The summed E-state index contributed by atoms with van der Waals surface area (Å²) in [6, 6.07) is 1.51. The molecule has 0 aromatic carbocycles. The van der Waals surface area contributed by atoms with Gasteiger partial charge in [0.1, 0.15) is 0 Å². The Morgan fingerprint density at radius 1 is 1.24 bits per heavy atom. The molecule has 1 aliphatic heterocycles. The third-order valence-electron chi connectivity index (χ3n) is 4.38. The van der Waals surface area contributed by atoms with Crippen LogP contribution in [-0.4, -0.2) is 50.3 Å². The zero-order valence-corrected chi connectivity index (χ0v) is 11.5. The maximum absolute atomic E-state index is 5.29. The van der Waals surface area contributed by atoms with Gasteiger partial charge >= 0.3 is 0 Å². The Morgan fingerprint density at radius 2 is 2.06 bits per heavy atom. The van der Waals surface area contributed by atoms with Crippen molar-refractivity contribution in [2.24, 2.45) is 5.92 Å². The van der Waals surface area contributed by atoms with Crippen molar-refractivity contribution in [3.63, 3.8) is 0 Å². The smallest absolute Gasteiger partial charge is 0.0503 e. The number of rotatable bonds is 5. The number of hydrogen-bond donors (Lipinski definition) is 1. The Bertz CT molecular complexity index is 220. The fourth-order valence-electron chi connectivity index (χ4n) is 3.58. The second-order valence-corrected chi connectivity index (χ2v) is 5.62. The van der Waals surface area contributed by atoms with Crippen molar-refractivity contribution in [3.8, 4) is 0 Å². The van der Waals surface area contributed by atoms with E-state index in [2.05, 4.69) is 17.1 Å². The van der Waals surface area contributed by atoms with E-state index in [9.17, 15) is 0 Å². The molecular weight excluding hydrogens is 212 g/mol. The van der Waals surface area contributed by atoms with Crippen molar-refractivity contribution in [1.29, 1.82) is 0 Å². The lowest BCUT2D eigenvalue weighted by Gasteiger charge is -2.38. The van der Waals surface area contributed by atoms with E-state index < -0.39 is 0 Å². The average Bonchev–Trinajstić information content (AvgIpc) is 2.79. The van der Waals surface area contributed by atoms with Crippen molar-refractivity contribution in [1.82, 2.24) is 10.2 Å². The molecule has 1 aliphatic carbocycles. The summed E-state index contributed by atoms with van der Waals surface area (Å²) < 4.78 is 5.29. The predicted molar refractivity (Wildman–Crippen MR) is 71.3 cm³/mol. The zero-order valence-electron chi connectivity index (χ0n) is 11.5. The van der Waals surface area contributed by atoms with Crippen LogP contribution < -0.4 is 5.32 Å². The van der Waals surface area contributed by atoms with E-state index in [4.69, 9.17) is 4.74 Å². The van der Waals surface area contributed by atoms with Crippen molar-refractivity contribution in [2.75, 3.05) is 33.4 Å². The molecule has 0 spiro atoms. The number of likely N-dealkylation sites (N-methyl/N-ethyl adjacent to an activating group) is 1. The van der Waals surface area contributed by atoms with E-state index in [0.717, 1.165) is 31.2 Å². The second-order valence-electron chi connectivity index (χ2n) is 5.62. The Labute approximate surface area is 106 Å². The normalized spacial score (nSPS) is 35.3. The summed E-state index contributed by atoms with van der Waals surface area (Å²) in [6.07, 6.45) is 6.89. The van der Waals surface area contributed by atoms with Crippen molar-refractivity contribution >= 4 is 0 Å². The molecule has 2 aliphatic rings. The largest absolute Gasteiger partial charge is 0.384 e. The van der Waals surface area contributed by atoms with Crippen LogP contribution in [0.1, 0.15) is 39.0 Å². The van der Waals surface area contributed by atoms with Gasteiger partial charge in [0.25, 0.3) is 0 Å². The number of ether oxygens (including phenoxy) is 1. The van der Waals surface area contributed by atoms with Gasteiger partial charge < -0.3 is 10.1 Å². The van der Waals surface area contributed by atoms with E-state index in [-0.39, 0.29) is 0 Å². The number of methoxy groups -OCH3 is 1. The number of nitrogens with one attached hydrogen (secondary N) is 1. The molecule has 0 aromatic rings. The number of likely N-dealkylation sites (tertiary alicyclic amines) is 1. The molecule has 100 valence electrons. The van der Waals surface area contributed by atoms with Crippen LogP contribution in [0.3, 0.4) is 0 Å². The second kappa shape index (κ2) is 6.72. The Balaban J connectivity index is 1.86. The van der Waals surface area contributed by atoms with E-state index in [0.29, 0.717) is 0 Å². The molecule has 3 unspecified atom stereocenters. The standard InChI is InChI=1S/C14H28N2O/c1-3-15-13-6-4-5-7-14(13)16-9-8-12(10-16)11-17-2/h12-15H,3-11H2,1-2H3. The Hall–Kier alpha value is -0.120. The van der Waals surface area contributed by atoms with Gasteiger partial charge in [-0.25, -0.2) is 0 Å². The molecule has 0 amide bonds. The summed E-state index contributed by atoms with van der Waals surface area (Å²) in [5.74, 6) is 0.768. The molecule has 0 bridgehead atoms. The fraction of sp³-hybridized carbons (Fsp3) is 1.00. The molecule has 1 heterocycles. The third-order valence-corrected chi connectivity index (χ3v) is 4.38. The molecule has 1 saturated carbocycles.